The van der Waals surface area contributed by atoms with Crippen LogP contribution in [0.2, 0.25) is 0 Å². The number of nitrogens with one attached hydrogen (secondary N) is 2. The molecule has 2 aliphatic rings. The van der Waals surface area contributed by atoms with E-state index in [-0.39, 0.29) is 19.0 Å². The van der Waals surface area contributed by atoms with Gasteiger partial charge in [-0.05, 0) is 46.8 Å². The molecular formula is C22H33N6O9P. The number of carbonyl (C=O) groups is 2. The largest absolute Gasteiger partial charge is 0.465 e. The van der Waals surface area contributed by atoms with E-state index in [2.05, 4.69) is 20.3 Å². The summed E-state index contributed by atoms with van der Waals surface area (Å²) in [5.74, 6) is -1.19. The second-order valence-electron chi connectivity index (χ2n) is 9.36. The number of ether oxygens (including phenoxy) is 3. The zero-order valence-corrected chi connectivity index (χ0v) is 22.5. The summed E-state index contributed by atoms with van der Waals surface area (Å²) in [6, 6.07) is 1.07. The molecule has 2 aromatic heterocycles. The van der Waals surface area contributed by atoms with E-state index in [1.165, 1.54) is 31.6 Å². The van der Waals surface area contributed by atoms with Gasteiger partial charge in [-0.1, -0.05) is 0 Å². The van der Waals surface area contributed by atoms with Crippen LogP contribution in [-0.2, 0) is 32.9 Å². The van der Waals surface area contributed by atoms with Gasteiger partial charge in [0.2, 0.25) is 0 Å². The summed E-state index contributed by atoms with van der Waals surface area (Å²) in [5, 5.41) is 31.8. The number of hydrogen-bond acceptors (Lipinski definition) is 12. The van der Waals surface area contributed by atoms with E-state index in [0.29, 0.717) is 11.2 Å². The number of aliphatic hydroxyl groups is 2. The molecular weight excluding hydrogens is 523 g/mol. The topological polar surface area (TPSA) is 209 Å². The van der Waals surface area contributed by atoms with Gasteiger partial charge in [-0.15, -0.1) is 0 Å². The number of carbonyl (C=O) groups excluding carboxylic acids is 2. The fraction of sp³-hybridized carbons (Fsp3) is 0.636. The van der Waals surface area contributed by atoms with Gasteiger partial charge in [0.05, 0.1) is 18.9 Å². The fourth-order valence-corrected chi connectivity index (χ4v) is 6.80. The molecule has 3 heterocycles. The average Bonchev–Trinajstić information content (AvgIpc) is 3.13. The number of aliphatic hydroxyl groups excluding tert-OH is 1. The molecule has 1 aliphatic heterocycles. The van der Waals surface area contributed by atoms with E-state index >= 15 is 0 Å². The molecule has 0 bridgehead atoms. The van der Waals surface area contributed by atoms with Crippen LogP contribution in [0.1, 0.15) is 46.4 Å². The van der Waals surface area contributed by atoms with E-state index < -0.39 is 61.2 Å². The lowest BCUT2D eigenvalue weighted by molar-refractivity contribution is -0.145. The maximum absolute atomic E-state index is 13.9. The molecule has 0 aromatic carbocycles. The Morgan fingerprint density at radius 1 is 1.21 bits per heavy atom. The van der Waals surface area contributed by atoms with E-state index in [4.69, 9.17) is 24.5 Å². The monoisotopic (exact) mass is 556 g/mol. The van der Waals surface area contributed by atoms with Crippen LogP contribution in [0.3, 0.4) is 0 Å². The third-order valence-electron chi connectivity index (χ3n) is 6.79. The van der Waals surface area contributed by atoms with Crippen LogP contribution in [-0.4, -0.2) is 85.5 Å². The number of rotatable bonds is 11. The number of esters is 2. The normalized spacial score (nSPS) is 30.0. The predicted molar refractivity (Wildman–Crippen MR) is 132 cm³/mol. The molecule has 4 rings (SSSR count). The van der Waals surface area contributed by atoms with Crippen LogP contribution in [0.25, 0.3) is 5.52 Å². The molecule has 1 saturated carbocycles. The highest BCUT2D eigenvalue weighted by Gasteiger charge is 2.87. The first kappa shape index (κ1) is 28.4. The van der Waals surface area contributed by atoms with Gasteiger partial charge >= 0.3 is 19.6 Å². The number of aromatic nitrogens is 3. The Kier molecular flexibility index (Phi) is 7.58. The molecule has 0 amide bonds. The van der Waals surface area contributed by atoms with Crippen molar-refractivity contribution < 1.29 is 43.1 Å². The minimum Gasteiger partial charge on any atom is -0.465 e. The first-order chi connectivity index (χ1) is 17.8. The van der Waals surface area contributed by atoms with E-state index in [9.17, 15) is 24.4 Å². The van der Waals surface area contributed by atoms with Gasteiger partial charge in [0, 0.05) is 0 Å². The summed E-state index contributed by atoms with van der Waals surface area (Å²) in [7, 11) is -4.27. The minimum absolute atomic E-state index is 0.0928. The van der Waals surface area contributed by atoms with Crippen LogP contribution in [0.15, 0.2) is 18.5 Å². The summed E-state index contributed by atoms with van der Waals surface area (Å²) in [5.41, 5.74) is 3.30. The number of fused-ring (bicyclic) bond motifs is 2. The Bertz CT molecular complexity index is 1250. The summed E-state index contributed by atoms with van der Waals surface area (Å²) in [4.78, 5) is 28.3. The summed E-state index contributed by atoms with van der Waals surface area (Å²) in [6.07, 6.45) is -2.61. The Morgan fingerprint density at radius 2 is 1.79 bits per heavy atom. The predicted octanol–water partition coefficient (Wildman–Crippen LogP) is -0.177. The van der Waals surface area contributed by atoms with Gasteiger partial charge in [0.15, 0.2) is 11.4 Å². The molecule has 2 aromatic rings. The summed E-state index contributed by atoms with van der Waals surface area (Å²) < 4.78 is 37.1. The molecule has 2 fully saturated rings. The van der Waals surface area contributed by atoms with Crippen LogP contribution < -0.4 is 15.9 Å². The number of nitrogens with zero attached hydrogens (tertiary/aromatic N) is 3. The van der Waals surface area contributed by atoms with Crippen LogP contribution in [0, 0.1) is 0 Å². The molecule has 6 N–H and O–H groups in total. The summed E-state index contributed by atoms with van der Waals surface area (Å²) >= 11 is 0. The Hall–Kier alpha value is -2.65. The first-order valence-electron chi connectivity index (χ1n) is 12.2. The second kappa shape index (κ2) is 10.2. The second-order valence-corrected chi connectivity index (χ2v) is 11.2. The fourth-order valence-electron chi connectivity index (χ4n) is 4.71. The molecule has 7 atom stereocenters. The van der Waals surface area contributed by atoms with Crippen LogP contribution in [0.5, 0.6) is 0 Å². The lowest BCUT2D eigenvalue weighted by Gasteiger charge is -2.29. The molecule has 0 radical (unpaired) electrons. The molecule has 1 aliphatic carbocycles. The van der Waals surface area contributed by atoms with Crippen LogP contribution in [0.4, 0.5) is 5.82 Å². The molecule has 0 spiro atoms. The third-order valence-corrected chi connectivity index (χ3v) is 8.75. The maximum Gasteiger partial charge on any atom is 0.342 e. The molecule has 15 nitrogen and oxygen atoms in total. The average molecular weight is 557 g/mol. The number of anilines is 1. The standard InChI is InChI=1S/C22H33N6O9P/c1-6-34-18(30)11(3)26-38(33,27-12(4)19(31)35-7-2)37-20-21(5)22(20,32)16(29)15(36-21)13-8-9-14-17(23)24-10-25-28(13)14/h8-12,15-16,20,29,32H,6-7H2,1-5H3,(H2,23,24,25)(H2,26,27,33)/t11-,12-,15-,16-,20?,21+,22+/m0/s1. The van der Waals surface area contributed by atoms with Crippen molar-refractivity contribution in [2.24, 2.45) is 0 Å². The van der Waals surface area contributed by atoms with E-state index in [0.717, 1.165) is 0 Å². The van der Waals surface area contributed by atoms with Crippen molar-refractivity contribution in [3.05, 3.63) is 24.2 Å². The lowest BCUT2D eigenvalue weighted by Crippen LogP contribution is -2.44. The zero-order chi connectivity index (χ0) is 28.0. The smallest absolute Gasteiger partial charge is 0.342 e. The van der Waals surface area contributed by atoms with Crippen molar-refractivity contribution in [1.29, 1.82) is 0 Å². The van der Waals surface area contributed by atoms with Crippen molar-refractivity contribution in [2.45, 2.75) is 76.2 Å². The van der Waals surface area contributed by atoms with Gasteiger partial charge in [0.25, 0.3) is 0 Å². The van der Waals surface area contributed by atoms with Crippen molar-refractivity contribution >= 4 is 30.9 Å². The number of hydrogen-bond donors (Lipinski definition) is 5. The highest BCUT2D eigenvalue weighted by molar-refractivity contribution is 7.54. The maximum atomic E-state index is 13.9. The van der Waals surface area contributed by atoms with E-state index in [1.807, 2.05) is 0 Å². The first-order valence-corrected chi connectivity index (χ1v) is 13.8. The highest BCUT2D eigenvalue weighted by atomic mass is 31.2. The van der Waals surface area contributed by atoms with Crippen molar-refractivity contribution in [3.8, 4) is 0 Å². The van der Waals surface area contributed by atoms with Crippen LogP contribution >= 0.6 is 7.67 Å². The van der Waals surface area contributed by atoms with E-state index in [1.54, 1.807) is 26.0 Å². The molecule has 210 valence electrons. The Balaban J connectivity index is 1.57. The zero-order valence-electron chi connectivity index (χ0n) is 21.7. The van der Waals surface area contributed by atoms with Crippen molar-refractivity contribution in [3.63, 3.8) is 0 Å². The Morgan fingerprint density at radius 3 is 2.29 bits per heavy atom. The lowest BCUT2D eigenvalue weighted by atomic mass is 10.0. The SMILES string of the molecule is CCOC(=O)[C@H](C)NP(=O)(N[C@@H](C)C(=O)OCC)OC1[C@@]2(C)O[C@@H](c3ccc4c(N)ncnn34)[C@H](O)[C@@]12O. The van der Waals surface area contributed by atoms with Gasteiger partial charge in [-0.3, -0.25) is 18.7 Å². The molecule has 16 heteroatoms. The molecule has 38 heavy (non-hydrogen) atoms. The molecule has 1 unspecified atom stereocenters. The summed E-state index contributed by atoms with van der Waals surface area (Å²) in [6.45, 7) is 7.72. The number of nitrogens with two attached hydrogens (primary N) is 1. The quantitative estimate of drug-likeness (QED) is 0.180. The number of nitrogen functional groups attached to an aromatic ring is 1. The van der Waals surface area contributed by atoms with Gasteiger partial charge in [0.1, 0.15) is 47.8 Å². The van der Waals surface area contributed by atoms with Gasteiger partial charge in [-0.25, -0.2) is 19.7 Å². The third kappa shape index (κ3) is 4.57. The molecule has 1 saturated heterocycles. The van der Waals surface area contributed by atoms with Crippen molar-refractivity contribution in [2.75, 3.05) is 18.9 Å². The Labute approximate surface area is 218 Å². The van der Waals surface area contributed by atoms with Gasteiger partial charge in [-0.2, -0.15) is 5.10 Å². The minimum atomic E-state index is -4.27. The highest BCUT2D eigenvalue weighted by Crippen LogP contribution is 2.67. The van der Waals surface area contributed by atoms with Crippen molar-refractivity contribution in [1.82, 2.24) is 24.8 Å². The van der Waals surface area contributed by atoms with Gasteiger partial charge < -0.3 is 30.2 Å².